The summed E-state index contributed by atoms with van der Waals surface area (Å²) in [5, 5.41) is 3.75. The largest absolute Gasteiger partial charge is 0.364 e. The molecule has 0 aromatic carbocycles. The predicted octanol–water partition coefficient (Wildman–Crippen LogP) is 0.867. The monoisotopic (exact) mass is 158 g/mol. The standard InChI is InChI=1S/C6H10N2OS/c7-2-4-10-5-6-1-3-9-8-6/h1,3H,2,4-5,7H2. The zero-order valence-corrected chi connectivity index (χ0v) is 6.43. The molecule has 0 saturated carbocycles. The maximum atomic E-state index is 5.30. The fourth-order valence-electron chi connectivity index (χ4n) is 0.572. The van der Waals surface area contributed by atoms with Crippen LogP contribution in [0, 0.1) is 0 Å². The van der Waals surface area contributed by atoms with Gasteiger partial charge in [0.05, 0.1) is 5.69 Å². The highest BCUT2D eigenvalue weighted by Gasteiger charge is 1.94. The Bertz CT molecular complexity index is 164. The SMILES string of the molecule is NCCSCc1ccon1. The molecule has 0 aliphatic carbocycles. The zero-order valence-electron chi connectivity index (χ0n) is 5.62. The van der Waals surface area contributed by atoms with Gasteiger partial charge in [-0.25, -0.2) is 0 Å². The molecular weight excluding hydrogens is 148 g/mol. The molecule has 0 bridgehead atoms. The van der Waals surface area contributed by atoms with E-state index in [0.717, 1.165) is 23.7 Å². The van der Waals surface area contributed by atoms with Crippen molar-refractivity contribution in [3.63, 3.8) is 0 Å². The number of thioether (sulfide) groups is 1. The van der Waals surface area contributed by atoms with E-state index >= 15 is 0 Å². The molecule has 0 aliphatic rings. The lowest BCUT2D eigenvalue weighted by Gasteiger charge is -1.92. The number of nitrogens with two attached hydrogens (primary N) is 1. The molecule has 0 spiro atoms. The van der Waals surface area contributed by atoms with Crippen LogP contribution in [0.4, 0.5) is 0 Å². The predicted molar refractivity (Wildman–Crippen MR) is 41.7 cm³/mol. The summed E-state index contributed by atoms with van der Waals surface area (Å²) in [5.41, 5.74) is 6.29. The van der Waals surface area contributed by atoms with Crippen molar-refractivity contribution < 1.29 is 4.52 Å². The molecule has 56 valence electrons. The van der Waals surface area contributed by atoms with Gasteiger partial charge < -0.3 is 10.3 Å². The first-order valence-electron chi connectivity index (χ1n) is 3.10. The van der Waals surface area contributed by atoms with Crippen molar-refractivity contribution in [1.82, 2.24) is 5.16 Å². The van der Waals surface area contributed by atoms with E-state index in [1.807, 2.05) is 6.07 Å². The third-order valence-corrected chi connectivity index (χ3v) is 2.03. The Labute approximate surface area is 64.0 Å². The van der Waals surface area contributed by atoms with E-state index < -0.39 is 0 Å². The maximum absolute atomic E-state index is 5.30. The normalized spacial score (nSPS) is 10.1. The molecule has 1 aromatic rings. The van der Waals surface area contributed by atoms with Crippen molar-refractivity contribution in [2.75, 3.05) is 12.3 Å². The van der Waals surface area contributed by atoms with Gasteiger partial charge in [0, 0.05) is 24.1 Å². The van der Waals surface area contributed by atoms with Gasteiger partial charge in [-0.05, 0) is 0 Å². The van der Waals surface area contributed by atoms with Gasteiger partial charge in [-0.15, -0.1) is 0 Å². The molecule has 10 heavy (non-hydrogen) atoms. The molecule has 0 radical (unpaired) electrons. The second-order valence-corrected chi connectivity index (χ2v) is 2.94. The Morgan fingerprint density at radius 2 is 2.60 bits per heavy atom. The quantitative estimate of drug-likeness (QED) is 0.660. The highest BCUT2D eigenvalue weighted by atomic mass is 32.2. The van der Waals surface area contributed by atoms with Crippen LogP contribution < -0.4 is 5.73 Å². The van der Waals surface area contributed by atoms with E-state index in [9.17, 15) is 0 Å². The van der Waals surface area contributed by atoms with Crippen LogP contribution in [0.1, 0.15) is 5.69 Å². The van der Waals surface area contributed by atoms with Crippen molar-refractivity contribution in [2.45, 2.75) is 5.75 Å². The minimum absolute atomic E-state index is 0.725. The zero-order chi connectivity index (χ0) is 7.23. The lowest BCUT2D eigenvalue weighted by molar-refractivity contribution is 0.414. The number of nitrogens with zero attached hydrogens (tertiary/aromatic N) is 1. The molecule has 4 heteroatoms. The first-order valence-corrected chi connectivity index (χ1v) is 4.26. The van der Waals surface area contributed by atoms with Crippen LogP contribution in [0.2, 0.25) is 0 Å². The minimum Gasteiger partial charge on any atom is -0.364 e. The fraction of sp³-hybridized carbons (Fsp3) is 0.500. The molecule has 1 heterocycles. The summed E-state index contributed by atoms with van der Waals surface area (Å²) in [4.78, 5) is 0. The van der Waals surface area contributed by atoms with Crippen molar-refractivity contribution in [1.29, 1.82) is 0 Å². The Morgan fingerprint density at radius 3 is 3.20 bits per heavy atom. The summed E-state index contributed by atoms with van der Waals surface area (Å²) >= 11 is 1.76. The van der Waals surface area contributed by atoms with Crippen molar-refractivity contribution in [3.8, 4) is 0 Å². The second kappa shape index (κ2) is 4.35. The molecule has 0 aliphatic heterocycles. The van der Waals surface area contributed by atoms with Crippen LogP contribution in [0.25, 0.3) is 0 Å². The highest BCUT2D eigenvalue weighted by Crippen LogP contribution is 2.07. The Hall–Kier alpha value is -0.480. The van der Waals surface area contributed by atoms with Gasteiger partial charge in [0.1, 0.15) is 6.26 Å². The van der Waals surface area contributed by atoms with E-state index in [0.29, 0.717) is 0 Å². The minimum atomic E-state index is 0.725. The number of hydrogen-bond acceptors (Lipinski definition) is 4. The van der Waals surface area contributed by atoms with E-state index in [1.54, 1.807) is 18.0 Å². The van der Waals surface area contributed by atoms with Crippen LogP contribution in [0.3, 0.4) is 0 Å². The Morgan fingerprint density at radius 1 is 1.70 bits per heavy atom. The van der Waals surface area contributed by atoms with Crippen LogP contribution in [-0.4, -0.2) is 17.5 Å². The summed E-state index contributed by atoms with van der Waals surface area (Å²) in [6.45, 7) is 0.725. The lowest BCUT2D eigenvalue weighted by atomic mass is 10.5. The van der Waals surface area contributed by atoms with E-state index in [1.165, 1.54) is 0 Å². The average Bonchev–Trinajstić information content (AvgIpc) is 2.41. The first kappa shape index (κ1) is 7.63. The van der Waals surface area contributed by atoms with Crippen molar-refractivity contribution in [3.05, 3.63) is 18.0 Å². The number of rotatable bonds is 4. The van der Waals surface area contributed by atoms with Gasteiger partial charge in [-0.1, -0.05) is 5.16 Å². The number of aromatic nitrogens is 1. The van der Waals surface area contributed by atoms with Crippen LogP contribution in [0.15, 0.2) is 16.9 Å². The average molecular weight is 158 g/mol. The molecule has 1 aromatic heterocycles. The van der Waals surface area contributed by atoms with Gasteiger partial charge in [-0.2, -0.15) is 11.8 Å². The summed E-state index contributed by atoms with van der Waals surface area (Å²) in [6.07, 6.45) is 1.58. The summed E-state index contributed by atoms with van der Waals surface area (Å²) in [6, 6.07) is 1.86. The van der Waals surface area contributed by atoms with Gasteiger partial charge in [0.2, 0.25) is 0 Å². The van der Waals surface area contributed by atoms with Crippen LogP contribution in [0.5, 0.6) is 0 Å². The summed E-state index contributed by atoms with van der Waals surface area (Å²) < 4.78 is 4.65. The van der Waals surface area contributed by atoms with Gasteiger partial charge in [-0.3, -0.25) is 0 Å². The van der Waals surface area contributed by atoms with E-state index in [2.05, 4.69) is 9.68 Å². The molecule has 0 fully saturated rings. The second-order valence-electron chi connectivity index (χ2n) is 1.83. The third kappa shape index (κ3) is 2.41. The molecule has 1 rings (SSSR count). The van der Waals surface area contributed by atoms with Crippen LogP contribution >= 0.6 is 11.8 Å². The highest BCUT2D eigenvalue weighted by molar-refractivity contribution is 7.98. The summed E-state index contributed by atoms with van der Waals surface area (Å²) in [7, 11) is 0. The fourth-order valence-corrected chi connectivity index (χ4v) is 1.24. The Kier molecular flexibility index (Phi) is 3.32. The lowest BCUT2D eigenvalue weighted by Crippen LogP contribution is -2.01. The van der Waals surface area contributed by atoms with E-state index in [-0.39, 0.29) is 0 Å². The maximum Gasteiger partial charge on any atom is 0.124 e. The van der Waals surface area contributed by atoms with Crippen molar-refractivity contribution >= 4 is 11.8 Å². The molecule has 3 nitrogen and oxygen atoms in total. The molecule has 2 N–H and O–H groups in total. The van der Waals surface area contributed by atoms with Crippen LogP contribution in [-0.2, 0) is 5.75 Å². The number of hydrogen-bond donors (Lipinski definition) is 1. The van der Waals surface area contributed by atoms with E-state index in [4.69, 9.17) is 5.73 Å². The van der Waals surface area contributed by atoms with Crippen molar-refractivity contribution in [2.24, 2.45) is 5.73 Å². The van der Waals surface area contributed by atoms with Gasteiger partial charge in [0.15, 0.2) is 0 Å². The third-order valence-electron chi connectivity index (χ3n) is 1.00. The summed E-state index contributed by atoms with van der Waals surface area (Å²) in [5.74, 6) is 1.88. The molecular formula is C6H10N2OS. The Balaban J connectivity index is 2.15. The van der Waals surface area contributed by atoms with Gasteiger partial charge >= 0.3 is 0 Å². The molecule has 0 amide bonds. The first-order chi connectivity index (χ1) is 4.93. The molecule has 0 atom stereocenters. The van der Waals surface area contributed by atoms with Gasteiger partial charge in [0.25, 0.3) is 0 Å². The smallest absolute Gasteiger partial charge is 0.124 e. The molecule has 0 unspecified atom stereocenters. The topological polar surface area (TPSA) is 52.0 Å². The molecule has 0 saturated heterocycles.